The number of furan rings is 2. The summed E-state index contributed by atoms with van der Waals surface area (Å²) in [4.78, 5) is 38.9. The number of fused-ring (bicyclic) bond motifs is 1. The minimum Gasteiger partial charge on any atom is -0.463 e. The van der Waals surface area contributed by atoms with E-state index >= 15 is 0 Å². The van der Waals surface area contributed by atoms with E-state index in [-0.39, 0.29) is 5.56 Å². The number of ether oxygens (including phenoxy) is 1. The number of amides is 1. The number of thiazole rings is 1. The standard InChI is InChI=1S/C28H16Cl2N4O5S/c29-17-7-5-15(11-18(17)30)21-14-40-28(33-21)34-24(35)13-39-27(36)16-6-8-19-20(12-16)32-26(23-4-2-10-38-23)25(31-19)22-3-1-9-37-22/h1-12,14H,13H2,(H,33,34,35). The van der Waals surface area contributed by atoms with Crippen LogP contribution in [-0.2, 0) is 9.53 Å². The highest BCUT2D eigenvalue weighted by Crippen LogP contribution is 2.32. The number of benzene rings is 2. The molecule has 40 heavy (non-hydrogen) atoms. The minimum atomic E-state index is -0.691. The summed E-state index contributed by atoms with van der Waals surface area (Å²) in [5.74, 6) is -0.203. The fourth-order valence-electron chi connectivity index (χ4n) is 3.84. The normalized spacial score (nSPS) is 11.1. The maximum atomic E-state index is 12.7. The Balaban J connectivity index is 1.15. The molecule has 0 fully saturated rings. The van der Waals surface area contributed by atoms with Gasteiger partial charge in [-0.15, -0.1) is 11.3 Å². The Morgan fingerprint density at radius 3 is 2.25 bits per heavy atom. The predicted molar refractivity (Wildman–Crippen MR) is 151 cm³/mol. The first-order valence-electron chi connectivity index (χ1n) is 11.7. The van der Waals surface area contributed by atoms with Crippen LogP contribution in [0, 0.1) is 0 Å². The van der Waals surface area contributed by atoms with E-state index in [0.717, 1.165) is 5.56 Å². The van der Waals surface area contributed by atoms with E-state index in [1.54, 1.807) is 72.3 Å². The molecule has 0 atom stereocenters. The number of carbonyl (C=O) groups excluding carboxylic acids is 2. The van der Waals surface area contributed by atoms with Gasteiger partial charge in [0.05, 0.1) is 44.9 Å². The number of hydrogen-bond donors (Lipinski definition) is 1. The first-order chi connectivity index (χ1) is 19.4. The first kappa shape index (κ1) is 25.8. The third kappa shape index (κ3) is 5.32. The Bertz CT molecular complexity index is 1850. The smallest absolute Gasteiger partial charge is 0.338 e. The van der Waals surface area contributed by atoms with Crippen LogP contribution in [0.5, 0.6) is 0 Å². The summed E-state index contributed by atoms with van der Waals surface area (Å²) in [6, 6.07) is 16.9. The maximum Gasteiger partial charge on any atom is 0.338 e. The summed E-state index contributed by atoms with van der Waals surface area (Å²) in [6.07, 6.45) is 3.08. The topological polar surface area (TPSA) is 120 Å². The molecule has 12 heteroatoms. The van der Waals surface area contributed by atoms with Crippen LogP contribution in [0.2, 0.25) is 10.0 Å². The Hall–Kier alpha value is -4.51. The minimum absolute atomic E-state index is 0.210. The molecule has 0 radical (unpaired) electrons. The van der Waals surface area contributed by atoms with Gasteiger partial charge in [-0.25, -0.2) is 19.7 Å². The number of rotatable bonds is 7. The molecule has 6 aromatic rings. The molecule has 0 aliphatic carbocycles. The zero-order valence-electron chi connectivity index (χ0n) is 20.3. The lowest BCUT2D eigenvalue weighted by Gasteiger charge is -2.08. The van der Waals surface area contributed by atoms with Crippen molar-refractivity contribution < 1.29 is 23.2 Å². The molecule has 0 unspecified atom stereocenters. The van der Waals surface area contributed by atoms with Crippen LogP contribution in [-0.4, -0.2) is 33.4 Å². The van der Waals surface area contributed by atoms with E-state index < -0.39 is 18.5 Å². The van der Waals surface area contributed by atoms with E-state index in [1.165, 1.54) is 17.6 Å². The van der Waals surface area contributed by atoms with Crippen molar-refractivity contribution in [2.45, 2.75) is 0 Å². The van der Waals surface area contributed by atoms with Crippen LogP contribution in [0.25, 0.3) is 45.2 Å². The van der Waals surface area contributed by atoms with E-state index in [4.69, 9.17) is 36.8 Å². The summed E-state index contributed by atoms with van der Waals surface area (Å²) >= 11 is 13.3. The molecule has 4 heterocycles. The number of carbonyl (C=O) groups is 2. The Labute approximate surface area is 240 Å². The van der Waals surface area contributed by atoms with Crippen molar-refractivity contribution in [3.8, 4) is 34.2 Å². The number of halogens is 2. The predicted octanol–water partition coefficient (Wildman–Crippen LogP) is 7.38. The lowest BCUT2D eigenvalue weighted by Crippen LogP contribution is -2.20. The zero-order chi connectivity index (χ0) is 27.6. The van der Waals surface area contributed by atoms with Crippen molar-refractivity contribution in [2.24, 2.45) is 0 Å². The Kier molecular flexibility index (Phi) is 7.04. The second-order valence-electron chi connectivity index (χ2n) is 8.37. The van der Waals surface area contributed by atoms with E-state index in [1.807, 2.05) is 0 Å². The molecule has 2 aromatic carbocycles. The van der Waals surface area contributed by atoms with Gasteiger partial charge in [-0.05, 0) is 54.6 Å². The first-order valence-corrected chi connectivity index (χ1v) is 13.4. The van der Waals surface area contributed by atoms with Gasteiger partial charge in [-0.1, -0.05) is 29.3 Å². The molecule has 0 aliphatic heterocycles. The van der Waals surface area contributed by atoms with Crippen molar-refractivity contribution in [2.75, 3.05) is 11.9 Å². The summed E-state index contributed by atoms with van der Waals surface area (Å²) < 4.78 is 16.3. The highest BCUT2D eigenvalue weighted by atomic mass is 35.5. The molecular formula is C28H16Cl2N4O5S. The van der Waals surface area contributed by atoms with Crippen molar-refractivity contribution in [1.29, 1.82) is 0 Å². The second-order valence-corrected chi connectivity index (χ2v) is 10.0. The fourth-order valence-corrected chi connectivity index (χ4v) is 4.87. The molecule has 1 N–H and O–H groups in total. The number of esters is 1. The monoisotopic (exact) mass is 590 g/mol. The molecule has 0 saturated heterocycles. The molecule has 1 amide bonds. The summed E-state index contributed by atoms with van der Waals surface area (Å²) in [5, 5.41) is 5.58. The van der Waals surface area contributed by atoms with Crippen LogP contribution >= 0.6 is 34.5 Å². The molecule has 198 valence electrons. The molecule has 6 rings (SSSR count). The fraction of sp³-hybridized carbons (Fsp3) is 0.0357. The van der Waals surface area contributed by atoms with Crippen LogP contribution in [0.1, 0.15) is 10.4 Å². The molecule has 0 bridgehead atoms. The average molecular weight is 591 g/mol. The molecule has 0 saturated carbocycles. The summed E-state index contributed by atoms with van der Waals surface area (Å²) in [6.45, 7) is -0.501. The van der Waals surface area contributed by atoms with Gasteiger partial charge in [0.2, 0.25) is 0 Å². The Morgan fingerprint density at radius 2 is 1.57 bits per heavy atom. The van der Waals surface area contributed by atoms with Gasteiger partial charge in [-0.2, -0.15) is 0 Å². The zero-order valence-corrected chi connectivity index (χ0v) is 22.6. The largest absolute Gasteiger partial charge is 0.463 e. The second kappa shape index (κ2) is 10.9. The van der Waals surface area contributed by atoms with Gasteiger partial charge in [0.1, 0.15) is 11.4 Å². The van der Waals surface area contributed by atoms with Crippen LogP contribution in [0.15, 0.2) is 87.4 Å². The molecule has 4 aromatic heterocycles. The average Bonchev–Trinajstić information content (AvgIpc) is 3.76. The van der Waals surface area contributed by atoms with Gasteiger partial charge < -0.3 is 13.6 Å². The third-order valence-corrected chi connectivity index (χ3v) is 7.21. The van der Waals surface area contributed by atoms with Gasteiger partial charge in [0.15, 0.2) is 23.3 Å². The summed E-state index contributed by atoms with van der Waals surface area (Å²) in [5.41, 5.74) is 3.53. The lowest BCUT2D eigenvalue weighted by molar-refractivity contribution is -0.119. The van der Waals surface area contributed by atoms with Crippen LogP contribution in [0.4, 0.5) is 5.13 Å². The molecule has 0 spiro atoms. The SMILES string of the molecule is O=C(COC(=O)c1ccc2nc(-c3ccco3)c(-c3ccco3)nc2c1)Nc1nc(-c2ccc(Cl)c(Cl)c2)cs1. The highest BCUT2D eigenvalue weighted by Gasteiger charge is 2.19. The van der Waals surface area contributed by atoms with Gasteiger partial charge in [0.25, 0.3) is 5.91 Å². The summed E-state index contributed by atoms with van der Waals surface area (Å²) in [7, 11) is 0. The molecule has 9 nitrogen and oxygen atoms in total. The van der Waals surface area contributed by atoms with Crippen molar-refractivity contribution in [1.82, 2.24) is 15.0 Å². The van der Waals surface area contributed by atoms with Crippen LogP contribution in [0.3, 0.4) is 0 Å². The van der Waals surface area contributed by atoms with Gasteiger partial charge in [-0.3, -0.25) is 10.1 Å². The van der Waals surface area contributed by atoms with Crippen molar-refractivity contribution in [3.63, 3.8) is 0 Å². The van der Waals surface area contributed by atoms with Crippen molar-refractivity contribution in [3.05, 3.63) is 94.2 Å². The van der Waals surface area contributed by atoms with E-state index in [2.05, 4.69) is 20.3 Å². The van der Waals surface area contributed by atoms with Crippen LogP contribution < -0.4 is 5.32 Å². The van der Waals surface area contributed by atoms with Gasteiger partial charge in [0, 0.05) is 10.9 Å². The van der Waals surface area contributed by atoms with Gasteiger partial charge >= 0.3 is 5.97 Å². The quantitative estimate of drug-likeness (QED) is 0.191. The third-order valence-electron chi connectivity index (χ3n) is 5.71. The number of aromatic nitrogens is 3. The Morgan fingerprint density at radius 1 is 0.850 bits per heavy atom. The van der Waals surface area contributed by atoms with E-state index in [0.29, 0.717) is 54.8 Å². The van der Waals surface area contributed by atoms with E-state index in [9.17, 15) is 9.59 Å². The molecule has 0 aliphatic rings. The number of nitrogens with zero attached hydrogens (tertiary/aromatic N) is 3. The number of hydrogen-bond acceptors (Lipinski definition) is 9. The maximum absolute atomic E-state index is 12.7. The molecular weight excluding hydrogens is 575 g/mol. The highest BCUT2D eigenvalue weighted by molar-refractivity contribution is 7.14. The number of nitrogens with one attached hydrogen (secondary N) is 1. The van der Waals surface area contributed by atoms with Crippen molar-refractivity contribution >= 4 is 62.6 Å². The lowest BCUT2D eigenvalue weighted by atomic mass is 10.1. The number of anilines is 1.